The second kappa shape index (κ2) is 49.4. The minimum atomic E-state index is -3.56. The Morgan fingerprint density at radius 3 is 1.27 bits per heavy atom. The molecule has 3 aromatic heterocycles. The molecule has 29 nitrogen and oxygen atoms in total. The minimum Gasteiger partial charge on any atom is -0.497 e. The van der Waals surface area contributed by atoms with Crippen molar-refractivity contribution in [1.82, 2.24) is 45.0 Å². The summed E-state index contributed by atoms with van der Waals surface area (Å²) in [7, 11) is 18.5. The first-order chi connectivity index (χ1) is 67.3. The molecule has 756 valence electrons. The van der Waals surface area contributed by atoms with Gasteiger partial charge in [0.25, 0.3) is 0 Å². The summed E-state index contributed by atoms with van der Waals surface area (Å²) in [5, 5.41) is 22.1. The summed E-state index contributed by atoms with van der Waals surface area (Å²) in [6.07, 6.45) is 4.61. The second-order valence-corrected chi connectivity index (χ2v) is 39.0. The zero-order valence-corrected chi connectivity index (χ0v) is 83.8. The van der Waals surface area contributed by atoms with Crippen molar-refractivity contribution in [2.75, 3.05) is 41.0 Å². The number of hydrogen-bond donors (Lipinski definition) is 3. The Morgan fingerprint density at radius 2 is 0.904 bits per heavy atom. The molecule has 6 heterocycles. The summed E-state index contributed by atoms with van der Waals surface area (Å²) in [5.74, 6) is -13.9. The van der Waals surface area contributed by atoms with Gasteiger partial charge in [0.2, 0.25) is 11.8 Å². The van der Waals surface area contributed by atoms with Crippen LogP contribution in [0.3, 0.4) is 0 Å². The van der Waals surface area contributed by atoms with Crippen LogP contribution in [0.4, 0.5) is 35.9 Å². The third kappa shape index (κ3) is 35.1. The summed E-state index contributed by atoms with van der Waals surface area (Å²) in [5.41, 5.74) is -4.19. The summed E-state index contributed by atoms with van der Waals surface area (Å²) in [6.45, 7) is 50.8. The molecule has 3 aromatic carbocycles. The number of carboxylic acids is 1. The van der Waals surface area contributed by atoms with Gasteiger partial charge in [-0.15, -0.1) is 19.0 Å². The van der Waals surface area contributed by atoms with E-state index in [0.717, 1.165) is 25.7 Å². The highest BCUT2D eigenvalue weighted by atomic mass is 35.5. The Hall–Kier alpha value is -10.1. The fourth-order valence-electron chi connectivity index (χ4n) is 14.4. The van der Waals surface area contributed by atoms with E-state index in [1.807, 2.05) is 47.6 Å². The molecule has 136 heavy (non-hydrogen) atoms. The topological polar surface area (TPSA) is 357 Å². The van der Waals surface area contributed by atoms with Crippen molar-refractivity contribution in [3.8, 4) is 29.0 Å². The van der Waals surface area contributed by atoms with Gasteiger partial charge in [-0.3, -0.25) is 24.2 Å². The van der Waals surface area contributed by atoms with E-state index in [1.54, 1.807) is 152 Å². The lowest BCUT2D eigenvalue weighted by atomic mass is 9.08. The molecule has 41 heteroatoms. The number of esters is 4. The molecule has 0 bridgehead atoms. The van der Waals surface area contributed by atoms with Crippen molar-refractivity contribution in [2.24, 2.45) is 35.0 Å². The summed E-state index contributed by atoms with van der Waals surface area (Å²) < 4.78 is 196. The first-order valence-corrected chi connectivity index (χ1v) is 44.7. The molecule has 3 aliphatic heterocycles. The molecular formula is C95H143B4Cl2F6N9O20. The van der Waals surface area contributed by atoms with Gasteiger partial charge in [-0.2, -0.15) is 26.3 Å². The highest BCUT2D eigenvalue weighted by Gasteiger charge is 2.54. The van der Waals surface area contributed by atoms with E-state index in [9.17, 15) is 70.1 Å². The van der Waals surface area contributed by atoms with Gasteiger partial charge in [-0.25, -0.2) is 49.1 Å². The molecule has 12 atom stereocenters. The molecule has 0 spiro atoms. The normalized spacial score (nSPS) is 20.4. The van der Waals surface area contributed by atoms with Crippen LogP contribution in [0.25, 0.3) is 33.1 Å². The number of β-amino-alcohol motifs (C(OH)–C–C–N with tert-alkyl or cyclic N) is 1. The number of fused-ring (bicyclic) bond motifs is 3. The number of aromatic nitrogens is 6. The number of unbranched alkanes of at least 4 members (excludes halogenated alkanes) is 1. The number of carboxylic acid groups (broad SMARTS) is 1. The SMILES string of the molecule is C=CC(F)(F)c1nc2ccc(OC)cc2nc1Cl.C=CC(F)(F)c1nc2ccc(OC)cc2nc1O[C@H]1CN(C(=O)OC(C)(C)C)[C@H](C(=O)OC(C)(C)C)[C@@H]1CC.C=CC(F)(F)c1nc2ccc(OC)cc2nc1O[C@H]1CN[C@H](C(=O)OC(C)(C)C)[C@@H]1CC.C=CCCC[C@@H]1C[C@H]1OC(=O)C[C@H](C(=O)O)C(C)(C)C.CC[C@H]1[C@@H](C(=O)OC(C)(C)C)N(C(=O)OC(C)(C)C)C[C@@H]1O.Cl.[2HH].[2H][2H].[2H][2H].[2H][2H].[2H][2H].[2H][2H].[B]B([B])[B]. The molecule has 0 unspecified atom stereocenters. The van der Waals surface area contributed by atoms with Gasteiger partial charge in [-0.1, -0.05) is 79.0 Å². The van der Waals surface area contributed by atoms with Gasteiger partial charge < -0.3 is 67.6 Å². The molecule has 1 saturated carbocycles. The number of hydrogen-bond acceptors (Lipinski definition) is 26. The Labute approximate surface area is 826 Å². The number of nitrogens with one attached hydrogen (secondary N) is 1. The van der Waals surface area contributed by atoms with Crippen LogP contribution in [0, 0.1) is 35.0 Å². The first kappa shape index (κ1) is 110. The number of rotatable bonds is 27. The lowest BCUT2D eigenvalue weighted by Crippen LogP contribution is -2.47. The number of alkyl halides is 6. The van der Waals surface area contributed by atoms with Crippen LogP contribution < -0.4 is 29.0 Å². The van der Waals surface area contributed by atoms with Crippen molar-refractivity contribution in [3.63, 3.8) is 0 Å². The van der Waals surface area contributed by atoms with Crippen molar-refractivity contribution in [1.29, 1.82) is 0 Å². The monoisotopic (exact) mass is 1970 g/mol. The minimum absolute atomic E-state index is 0. The first-order valence-electron chi connectivity index (χ1n) is 49.3. The number of ether oxygens (including phenoxy) is 11. The molecule has 4 aliphatic rings. The van der Waals surface area contributed by atoms with Crippen molar-refractivity contribution >= 4 is 129 Å². The van der Waals surface area contributed by atoms with Crippen LogP contribution in [0.15, 0.2) is 105 Å². The molecule has 4 fully saturated rings. The lowest BCUT2D eigenvalue weighted by molar-refractivity contribution is -0.162. The number of methoxy groups -OCH3 is 3. The van der Waals surface area contributed by atoms with E-state index < -0.39 is 165 Å². The predicted molar refractivity (Wildman–Crippen MR) is 525 cm³/mol. The number of aliphatic hydroxyl groups is 1. The number of carbonyl (C=O) groups excluding carboxylic acids is 6. The predicted octanol–water partition coefficient (Wildman–Crippen LogP) is 19.3. The fourth-order valence-corrected chi connectivity index (χ4v) is 14.6. The van der Waals surface area contributed by atoms with Gasteiger partial charge >= 0.3 is 59.8 Å². The molecule has 1 aliphatic carbocycles. The largest absolute Gasteiger partial charge is 0.497 e. The van der Waals surface area contributed by atoms with Crippen molar-refractivity contribution < 1.29 is 138 Å². The van der Waals surface area contributed by atoms with Gasteiger partial charge in [0.15, 0.2) is 22.2 Å². The average Bonchev–Trinajstić information content (AvgIpc) is 1.58. The number of carbonyl (C=O) groups is 7. The fraction of sp³-hybridized carbons (Fsp3) is 0.589. The lowest BCUT2D eigenvalue weighted by Gasteiger charge is -2.31. The molecule has 3 N–H and O–H groups in total. The number of amides is 2. The molecule has 3 saturated heterocycles. The van der Waals surface area contributed by atoms with E-state index in [2.05, 4.69) is 84.7 Å². The standard InChI is InChI=1S/C28H37F2N3O6.C23H29F2N3O4.C16H29NO5.C16H26O4.C12H9ClF2N2O.B4.ClH.6H2/c1-10-17-20(15-33(25(35)39-27(6,7)8)21(17)24(34)38-26(3,4)5)37-23-22(28(29,30)11-2)31-18-13-12-16(36-9)14-19(18)32-23;1-7-14-17(12-26-18(14)21(29)32-22(3,4)5)31-20-19(23(24,25)8-2)27-15-10-9-13(30-6)11-16(15)28-20;1-8-10-11(18)9-17(14(20)22-16(5,6)7)12(10)13(19)21-15(2,3)4;1-5-6-7-8-11-9-13(11)20-14(17)10-12(15(18)19)16(2,3)4;1-3-12(14,15)10-11(13)17-9-6-7(18-2)4-5-8(9)16-10;1-4(2)3;;;;;;;/h11-14,17,20-21H,2,10,15H2,1,3-9H3;8-11,14,17-18,26H,2,7,12H2,1,3-6H3;10-12,18H,8-9H2,1-7H3;5,11-13H,1,6-10H2,2-4H3,(H,18,19);3-6H,1H2,2H3;;7*1H/t17-,20+,21+;14-,17+,18+;10-,11+,12+;11-,12-,13-;;;;;;;;;/m1111........./s1/i;;;;;;;5*1+1D;1+1. The number of halogens is 8. The van der Waals surface area contributed by atoms with E-state index in [4.69, 9.17) is 78.6 Å². The number of nitrogens with zero attached hydrogens (tertiary/aromatic N) is 8. The van der Waals surface area contributed by atoms with Crippen molar-refractivity contribution in [2.45, 2.75) is 285 Å². The third-order valence-electron chi connectivity index (χ3n) is 20.9. The number of aliphatic carboxylic acids is 1. The molecule has 6 aromatic rings. The summed E-state index contributed by atoms with van der Waals surface area (Å²) in [4.78, 5) is 114. The molecule has 6 radical (unpaired) electrons. The Balaban J connectivity index is -0.00000174. The molecule has 10 rings (SSSR count). The molecular weight excluding hydrogens is 1820 g/mol. The summed E-state index contributed by atoms with van der Waals surface area (Å²) in [6, 6.07) is 11.7. The van der Waals surface area contributed by atoms with Gasteiger partial charge in [-0.05, 0) is 215 Å². The van der Waals surface area contributed by atoms with Crippen LogP contribution in [-0.2, 0) is 70.2 Å². The maximum Gasteiger partial charge on any atom is 0.411 e. The number of benzene rings is 3. The van der Waals surface area contributed by atoms with Gasteiger partial charge in [0, 0.05) is 88.4 Å². The maximum absolute atomic E-state index is 15.0. The van der Waals surface area contributed by atoms with Gasteiger partial charge in [0.1, 0.15) is 81.7 Å². The second-order valence-electron chi connectivity index (χ2n) is 38.7. The zero-order chi connectivity index (χ0) is 113. The van der Waals surface area contributed by atoms with E-state index in [0.29, 0.717) is 77.2 Å². The smallest absolute Gasteiger partial charge is 0.411 e. The number of likely N-dealkylation sites (tertiary alicyclic amines) is 2. The van der Waals surface area contributed by atoms with Crippen LogP contribution >= 0.6 is 24.0 Å². The van der Waals surface area contributed by atoms with Crippen LogP contribution in [0.1, 0.15) is 230 Å². The van der Waals surface area contributed by atoms with Gasteiger partial charge in [0.05, 0.1) is 86.0 Å². The maximum atomic E-state index is 15.0. The van der Waals surface area contributed by atoms with E-state index >= 15 is 0 Å². The quantitative estimate of drug-likeness (QED) is 0.0108. The van der Waals surface area contributed by atoms with Crippen LogP contribution in [0.5, 0.6) is 29.0 Å². The zero-order valence-electron chi connectivity index (χ0n) is 92.2. The average molecular weight is 1970 g/mol. The highest BCUT2D eigenvalue weighted by molar-refractivity contribution is 7.49. The van der Waals surface area contributed by atoms with Crippen LogP contribution in [0.2, 0.25) is 5.15 Å². The van der Waals surface area contributed by atoms with E-state index in [1.165, 1.54) is 37.2 Å². The van der Waals surface area contributed by atoms with E-state index in [-0.39, 0.29) is 91.4 Å². The Bertz CT molecular complexity index is 5170. The summed E-state index contributed by atoms with van der Waals surface area (Å²) >= 11 is 5.72. The van der Waals surface area contributed by atoms with Crippen LogP contribution in [-0.4, -0.2) is 233 Å². The third-order valence-corrected chi connectivity index (χ3v) is 21.1. The molecule has 2 amide bonds. The Kier molecular flexibility index (Phi) is 39.8. The van der Waals surface area contributed by atoms with Crippen molar-refractivity contribution in [3.05, 3.63) is 127 Å². The number of allylic oxidation sites excluding steroid dienone is 4. The number of aliphatic hydroxyl groups excluding tert-OH is 1. The highest BCUT2D eigenvalue weighted by Crippen LogP contribution is 2.44. The Morgan fingerprint density at radius 1 is 0.537 bits per heavy atom.